The highest BCUT2D eigenvalue weighted by Gasteiger charge is 2.31. The number of H-pyrrole nitrogens is 1. The maximum Gasteiger partial charge on any atom is 0.254 e. The molecule has 6 heteroatoms. The molecule has 0 radical (unpaired) electrons. The number of aromatic amines is 1. The van der Waals surface area contributed by atoms with E-state index in [1.54, 1.807) is 0 Å². The Kier molecular flexibility index (Phi) is 6.04. The second kappa shape index (κ2) is 8.72. The third-order valence-corrected chi connectivity index (χ3v) is 6.47. The Labute approximate surface area is 178 Å². The number of hydrogen-bond donors (Lipinski definition) is 1. The molecule has 1 saturated heterocycles. The van der Waals surface area contributed by atoms with Gasteiger partial charge in [0.05, 0.1) is 18.2 Å². The van der Waals surface area contributed by atoms with Gasteiger partial charge in [-0.1, -0.05) is 29.8 Å². The van der Waals surface area contributed by atoms with E-state index in [9.17, 15) is 9.59 Å². The molecule has 1 amide bonds. The molecule has 0 aliphatic carbocycles. The number of carbonyl (C=O) groups is 1. The van der Waals surface area contributed by atoms with Crippen LogP contribution in [0.15, 0.2) is 29.1 Å². The summed E-state index contributed by atoms with van der Waals surface area (Å²) >= 11 is 0. The summed E-state index contributed by atoms with van der Waals surface area (Å²) in [5.74, 6) is 0.758. The highest BCUT2D eigenvalue weighted by atomic mass is 16.2. The van der Waals surface area contributed by atoms with Gasteiger partial charge in [-0.25, -0.2) is 4.98 Å². The fraction of sp³-hybridized carbons (Fsp3) is 0.542. The van der Waals surface area contributed by atoms with Crippen LogP contribution in [0.3, 0.4) is 0 Å². The Balaban J connectivity index is 1.59. The summed E-state index contributed by atoms with van der Waals surface area (Å²) in [5.41, 5.74) is 3.87. The Bertz CT molecular complexity index is 964. The van der Waals surface area contributed by atoms with E-state index in [1.807, 2.05) is 36.1 Å². The third-order valence-electron chi connectivity index (χ3n) is 6.47. The fourth-order valence-electron chi connectivity index (χ4n) is 4.57. The molecule has 0 saturated carbocycles. The van der Waals surface area contributed by atoms with Gasteiger partial charge in [-0.3, -0.25) is 14.5 Å². The highest BCUT2D eigenvalue weighted by Crippen LogP contribution is 2.30. The Hall–Kier alpha value is -2.47. The topological polar surface area (TPSA) is 69.3 Å². The van der Waals surface area contributed by atoms with Gasteiger partial charge < -0.3 is 9.88 Å². The first kappa shape index (κ1) is 20.8. The summed E-state index contributed by atoms with van der Waals surface area (Å²) in [6.07, 6.45) is 3.99. The molecule has 160 valence electrons. The highest BCUT2D eigenvalue weighted by molar-refractivity contribution is 5.79. The lowest BCUT2D eigenvalue weighted by molar-refractivity contribution is -0.134. The lowest BCUT2D eigenvalue weighted by Gasteiger charge is -2.36. The van der Waals surface area contributed by atoms with E-state index in [1.165, 1.54) is 5.56 Å². The molecule has 4 rings (SSSR count). The number of benzene rings is 1. The summed E-state index contributed by atoms with van der Waals surface area (Å²) in [5, 5.41) is 0. The summed E-state index contributed by atoms with van der Waals surface area (Å²) < 4.78 is 0. The quantitative estimate of drug-likeness (QED) is 0.844. The normalized spacial score (nSPS) is 19.7. The number of nitrogens with zero attached hydrogens (tertiary/aromatic N) is 3. The minimum atomic E-state index is -0.149. The van der Waals surface area contributed by atoms with Crippen LogP contribution in [0.5, 0.6) is 0 Å². The number of fused-ring (bicyclic) bond motifs is 1. The van der Waals surface area contributed by atoms with E-state index in [0.29, 0.717) is 31.4 Å². The molecule has 30 heavy (non-hydrogen) atoms. The summed E-state index contributed by atoms with van der Waals surface area (Å²) in [7, 11) is 0. The molecule has 3 heterocycles. The van der Waals surface area contributed by atoms with E-state index in [2.05, 4.69) is 23.7 Å². The van der Waals surface area contributed by atoms with Crippen LogP contribution in [-0.4, -0.2) is 44.8 Å². The van der Waals surface area contributed by atoms with E-state index in [-0.39, 0.29) is 17.5 Å². The van der Waals surface area contributed by atoms with Crippen LogP contribution in [0.4, 0.5) is 0 Å². The molecule has 2 aliphatic rings. The van der Waals surface area contributed by atoms with E-state index in [4.69, 9.17) is 4.98 Å². The third kappa shape index (κ3) is 4.33. The van der Waals surface area contributed by atoms with Crippen LogP contribution in [0.25, 0.3) is 0 Å². The zero-order valence-corrected chi connectivity index (χ0v) is 18.3. The predicted molar refractivity (Wildman–Crippen MR) is 117 cm³/mol. The van der Waals surface area contributed by atoms with Gasteiger partial charge >= 0.3 is 0 Å². The lowest BCUT2D eigenvalue weighted by Crippen LogP contribution is -2.43. The lowest BCUT2D eigenvalue weighted by atomic mass is 9.99. The Morgan fingerprint density at radius 3 is 2.70 bits per heavy atom. The van der Waals surface area contributed by atoms with Crippen molar-refractivity contribution >= 4 is 5.91 Å². The van der Waals surface area contributed by atoms with E-state index >= 15 is 0 Å². The first-order valence-electron chi connectivity index (χ1n) is 11.1. The van der Waals surface area contributed by atoms with Crippen molar-refractivity contribution in [1.82, 2.24) is 19.8 Å². The standard InChI is InChI=1S/C24H32N4O2/c1-16(2)27-13-11-19-20(15-27)25-23(26-24(19)30)21-6-4-5-12-28(21)22(29)14-18-9-7-17(3)8-10-18/h7-10,16,21H,4-6,11-15H2,1-3H3,(H,25,26,30). The number of hydrogen-bond acceptors (Lipinski definition) is 4. The van der Waals surface area contributed by atoms with Gasteiger partial charge in [-0.15, -0.1) is 0 Å². The van der Waals surface area contributed by atoms with Crippen LogP contribution in [0.1, 0.15) is 67.4 Å². The van der Waals surface area contributed by atoms with Gasteiger partial charge in [0, 0.05) is 31.2 Å². The number of piperidine rings is 1. The molecule has 0 bridgehead atoms. The van der Waals surface area contributed by atoms with Crippen molar-refractivity contribution in [2.75, 3.05) is 13.1 Å². The van der Waals surface area contributed by atoms with Gasteiger partial charge in [0.25, 0.3) is 5.56 Å². The molecule has 2 aromatic rings. The average molecular weight is 409 g/mol. The largest absolute Gasteiger partial charge is 0.332 e. The zero-order chi connectivity index (χ0) is 21.3. The van der Waals surface area contributed by atoms with Crippen molar-refractivity contribution in [3.8, 4) is 0 Å². The predicted octanol–water partition coefficient (Wildman–Crippen LogP) is 3.14. The van der Waals surface area contributed by atoms with Crippen LogP contribution in [-0.2, 0) is 24.2 Å². The molecular weight excluding hydrogens is 376 g/mol. The minimum Gasteiger partial charge on any atom is -0.332 e. The number of amides is 1. The van der Waals surface area contributed by atoms with Crippen LogP contribution in [0.2, 0.25) is 0 Å². The maximum absolute atomic E-state index is 13.1. The molecule has 1 atom stereocenters. The van der Waals surface area contributed by atoms with Gasteiger partial charge in [-0.05, 0) is 52.0 Å². The smallest absolute Gasteiger partial charge is 0.254 e. The average Bonchev–Trinajstić information content (AvgIpc) is 2.74. The van der Waals surface area contributed by atoms with Crippen molar-refractivity contribution in [2.45, 2.75) is 71.5 Å². The van der Waals surface area contributed by atoms with Crippen molar-refractivity contribution in [2.24, 2.45) is 0 Å². The van der Waals surface area contributed by atoms with Crippen molar-refractivity contribution < 1.29 is 4.79 Å². The summed E-state index contributed by atoms with van der Waals surface area (Å²) in [4.78, 5) is 38.1. The molecule has 2 aliphatic heterocycles. The van der Waals surface area contributed by atoms with Gasteiger partial charge in [0.15, 0.2) is 0 Å². The number of aromatic nitrogens is 2. The monoisotopic (exact) mass is 408 g/mol. The maximum atomic E-state index is 13.1. The Morgan fingerprint density at radius 1 is 1.20 bits per heavy atom. The summed E-state index contributed by atoms with van der Waals surface area (Å²) in [6, 6.07) is 8.39. The number of likely N-dealkylation sites (tertiary alicyclic amines) is 1. The SMILES string of the molecule is Cc1ccc(CC(=O)N2CCCCC2c2nc3c(c(=O)[nH]2)CCN(C(C)C)C3)cc1. The van der Waals surface area contributed by atoms with Gasteiger partial charge in [0.1, 0.15) is 5.82 Å². The number of carbonyl (C=O) groups excluding carboxylic acids is 1. The molecule has 1 aromatic heterocycles. The number of aryl methyl sites for hydroxylation is 1. The number of nitrogens with one attached hydrogen (secondary N) is 1. The first-order chi connectivity index (χ1) is 14.4. The fourth-order valence-corrected chi connectivity index (χ4v) is 4.57. The number of rotatable bonds is 4. The van der Waals surface area contributed by atoms with Crippen LogP contribution < -0.4 is 5.56 Å². The minimum absolute atomic E-state index is 0.0325. The van der Waals surface area contributed by atoms with E-state index in [0.717, 1.165) is 49.0 Å². The molecule has 1 unspecified atom stereocenters. The van der Waals surface area contributed by atoms with Crippen LogP contribution >= 0.6 is 0 Å². The molecule has 1 aromatic carbocycles. The molecule has 1 N–H and O–H groups in total. The molecule has 0 spiro atoms. The molecule has 6 nitrogen and oxygen atoms in total. The molecule has 1 fully saturated rings. The second-order valence-corrected chi connectivity index (χ2v) is 8.95. The van der Waals surface area contributed by atoms with Crippen molar-refractivity contribution in [3.63, 3.8) is 0 Å². The Morgan fingerprint density at radius 2 is 1.97 bits per heavy atom. The first-order valence-corrected chi connectivity index (χ1v) is 11.1. The molecular formula is C24H32N4O2. The van der Waals surface area contributed by atoms with Crippen molar-refractivity contribution in [1.29, 1.82) is 0 Å². The second-order valence-electron chi connectivity index (χ2n) is 8.95. The van der Waals surface area contributed by atoms with Gasteiger partial charge in [0.2, 0.25) is 5.91 Å². The zero-order valence-electron chi connectivity index (χ0n) is 18.3. The van der Waals surface area contributed by atoms with E-state index < -0.39 is 0 Å². The summed E-state index contributed by atoms with van der Waals surface area (Å²) in [6.45, 7) is 8.70. The van der Waals surface area contributed by atoms with Gasteiger partial charge in [-0.2, -0.15) is 0 Å². The van der Waals surface area contributed by atoms with Crippen molar-refractivity contribution in [3.05, 3.63) is 62.8 Å². The van der Waals surface area contributed by atoms with Crippen LogP contribution in [0, 0.1) is 6.92 Å².